The van der Waals surface area contributed by atoms with Crippen molar-refractivity contribution in [2.75, 3.05) is 37.5 Å². The topological polar surface area (TPSA) is 97.3 Å². The number of nitrogens with zero attached hydrogens (tertiary/aromatic N) is 2. The minimum absolute atomic E-state index is 0.0494. The zero-order chi connectivity index (χ0) is 38.1. The number of aryl methyl sites for hydroxylation is 2. The summed E-state index contributed by atoms with van der Waals surface area (Å²) in [5.74, 6) is -0.377. The first-order valence-corrected chi connectivity index (χ1v) is 20.7. The first kappa shape index (κ1) is 38.4. The molecule has 2 bridgehead atoms. The van der Waals surface area contributed by atoms with Crippen molar-refractivity contribution in [3.05, 3.63) is 106 Å². The third kappa shape index (κ3) is 8.21. The highest BCUT2D eigenvalue weighted by molar-refractivity contribution is 7.92. The van der Waals surface area contributed by atoms with Crippen LogP contribution in [0.3, 0.4) is 0 Å². The first-order valence-electron chi connectivity index (χ1n) is 18.6. The number of anilines is 1. The third-order valence-corrected chi connectivity index (χ3v) is 13.6. The monoisotopic (exact) mass is 783 g/mol. The molecule has 5 atom stereocenters. The number of methoxy groups -OCH3 is 1. The molecule has 54 heavy (non-hydrogen) atoms. The number of carbonyl (C=O) groups is 2. The standard InChI is InChI=1S/C41H45ClF3N3O5S/c1-52-36-11-3-2-6-21-54(51,46-38(49)19-14-27-8-4-5-10-34(27)41(43,44)45)47-39(50)29-13-18-37-35(23-29)48(24-30-12-16-32(30)36)25-40(26-53-37)20-7-9-28-22-31(42)15-17-33(28)40/h3-5,8,10-11,13,15,17-18,22-23,30,32,36H,2,6-7,9,12,14,16,19-21,24-26H2,1H3,(H,46,47,49,50,51)/b11-3+/t30-,32+,36-,40-,54+/m0/s1. The molecule has 0 saturated heterocycles. The second-order valence-corrected chi connectivity index (χ2v) is 17.5. The molecule has 0 radical (unpaired) electrons. The quantitative estimate of drug-likeness (QED) is 0.261. The van der Waals surface area contributed by atoms with Crippen LogP contribution in [-0.4, -0.2) is 54.7 Å². The number of carbonyl (C=O) groups excluding carboxylic acids is 2. The highest BCUT2D eigenvalue weighted by atomic mass is 35.5. The fraction of sp³-hybridized carbons (Fsp3) is 0.463. The summed E-state index contributed by atoms with van der Waals surface area (Å²) in [5.41, 5.74) is 2.20. The van der Waals surface area contributed by atoms with E-state index < -0.39 is 33.5 Å². The number of hydrogen-bond donors (Lipinski definition) is 1. The number of fused-ring (bicyclic) bond motifs is 4. The molecule has 1 N–H and O–H groups in total. The molecule has 8 nitrogen and oxygen atoms in total. The number of allylic oxidation sites excluding steroid dienone is 1. The van der Waals surface area contributed by atoms with Crippen LogP contribution in [0, 0.1) is 11.8 Å². The van der Waals surface area contributed by atoms with Crippen LogP contribution in [0.1, 0.15) is 77.6 Å². The molecule has 288 valence electrons. The number of nitrogens with one attached hydrogen (secondary N) is 1. The van der Waals surface area contributed by atoms with E-state index in [2.05, 4.69) is 26.1 Å². The number of alkyl halides is 3. The van der Waals surface area contributed by atoms with Crippen LogP contribution in [-0.2, 0) is 43.9 Å². The Kier molecular flexibility index (Phi) is 11.2. The predicted molar refractivity (Wildman–Crippen MR) is 203 cm³/mol. The molecule has 0 unspecified atom stereocenters. The van der Waals surface area contributed by atoms with Crippen LogP contribution in [0.15, 0.2) is 77.2 Å². The van der Waals surface area contributed by atoms with Gasteiger partial charge in [-0.3, -0.25) is 14.3 Å². The van der Waals surface area contributed by atoms with Crippen molar-refractivity contribution in [2.45, 2.75) is 75.5 Å². The molecule has 2 aliphatic carbocycles. The lowest BCUT2D eigenvalue weighted by atomic mass is 9.68. The Morgan fingerprint density at radius 3 is 2.74 bits per heavy atom. The van der Waals surface area contributed by atoms with E-state index in [1.807, 2.05) is 18.2 Å². The number of hydrogen-bond acceptors (Lipinski definition) is 6. The molecule has 3 aromatic carbocycles. The average Bonchev–Trinajstić information content (AvgIpc) is 3.27. The first-order chi connectivity index (χ1) is 25.9. The van der Waals surface area contributed by atoms with Gasteiger partial charge in [0.25, 0.3) is 5.91 Å². The van der Waals surface area contributed by atoms with Gasteiger partial charge in [0.2, 0.25) is 5.91 Å². The molecule has 2 heterocycles. The van der Waals surface area contributed by atoms with Gasteiger partial charge in [-0.05, 0) is 116 Å². The van der Waals surface area contributed by atoms with Gasteiger partial charge in [-0.15, -0.1) is 4.36 Å². The van der Waals surface area contributed by atoms with Gasteiger partial charge in [0, 0.05) is 42.6 Å². The minimum Gasteiger partial charge on any atom is -0.490 e. The molecule has 7 rings (SSSR count). The molecule has 13 heteroatoms. The van der Waals surface area contributed by atoms with Gasteiger partial charge in [0.15, 0.2) is 0 Å². The smallest absolute Gasteiger partial charge is 0.416 e. The molecular formula is C41H45ClF3N3O5S. The van der Waals surface area contributed by atoms with Gasteiger partial charge in [0.1, 0.15) is 15.7 Å². The van der Waals surface area contributed by atoms with Gasteiger partial charge in [-0.25, -0.2) is 4.21 Å². The lowest BCUT2D eigenvalue weighted by molar-refractivity contribution is -0.138. The van der Waals surface area contributed by atoms with E-state index in [0.29, 0.717) is 42.7 Å². The van der Waals surface area contributed by atoms with E-state index in [9.17, 15) is 27.0 Å². The van der Waals surface area contributed by atoms with Crippen LogP contribution in [0.25, 0.3) is 0 Å². The molecule has 2 amide bonds. The van der Waals surface area contributed by atoms with E-state index in [4.69, 9.17) is 21.1 Å². The van der Waals surface area contributed by atoms with Crippen molar-refractivity contribution >= 4 is 39.0 Å². The number of rotatable bonds is 5. The van der Waals surface area contributed by atoms with Gasteiger partial charge in [-0.2, -0.15) is 13.2 Å². The molecule has 4 aliphatic rings. The molecule has 1 fully saturated rings. The molecular weight excluding hydrogens is 739 g/mol. The Balaban J connectivity index is 1.22. The second-order valence-electron chi connectivity index (χ2n) is 15.0. The lowest BCUT2D eigenvalue weighted by Gasteiger charge is -2.46. The summed E-state index contributed by atoms with van der Waals surface area (Å²) in [6.45, 7) is 1.83. The van der Waals surface area contributed by atoms with Crippen LogP contribution >= 0.6 is 11.6 Å². The van der Waals surface area contributed by atoms with E-state index in [-0.39, 0.29) is 47.2 Å². The SMILES string of the molecule is CO[C@H]1/C=C/CCC[S@@](=O)(NC(=O)CCc2ccccc2C(F)(F)F)=NC(=O)c2ccc3c(c2)N(C[C@@H]2CC[C@H]21)C[C@@]1(CCCc2cc(Cl)ccc21)CO3. The number of ether oxygens (including phenoxy) is 2. The normalized spacial score (nSPS) is 27.7. The maximum atomic E-state index is 14.3. The molecule has 1 saturated carbocycles. The Morgan fingerprint density at radius 1 is 1.13 bits per heavy atom. The fourth-order valence-electron chi connectivity index (χ4n) is 8.61. The summed E-state index contributed by atoms with van der Waals surface area (Å²) in [5, 5.41) is 0.705. The summed E-state index contributed by atoms with van der Waals surface area (Å²) < 4.78 is 74.2. The summed E-state index contributed by atoms with van der Waals surface area (Å²) in [7, 11) is -1.94. The van der Waals surface area contributed by atoms with Crippen molar-refractivity contribution < 1.29 is 36.4 Å². The van der Waals surface area contributed by atoms with Crippen LogP contribution < -0.4 is 14.4 Å². The molecule has 3 aromatic rings. The molecule has 0 aromatic heterocycles. The second kappa shape index (κ2) is 15.7. The summed E-state index contributed by atoms with van der Waals surface area (Å²) in [6, 6.07) is 16.3. The van der Waals surface area contributed by atoms with Crippen LogP contribution in [0.4, 0.5) is 18.9 Å². The van der Waals surface area contributed by atoms with Crippen LogP contribution in [0.2, 0.25) is 5.02 Å². The highest BCUT2D eigenvalue weighted by Gasteiger charge is 2.44. The Bertz CT molecular complexity index is 2070. The van der Waals surface area contributed by atoms with Crippen molar-refractivity contribution in [1.82, 2.24) is 4.72 Å². The highest BCUT2D eigenvalue weighted by Crippen LogP contribution is 2.47. The van der Waals surface area contributed by atoms with Crippen LogP contribution in [0.5, 0.6) is 5.75 Å². The van der Waals surface area contributed by atoms with Gasteiger partial charge in [-0.1, -0.05) is 48.0 Å². The van der Waals surface area contributed by atoms with Gasteiger partial charge in [0.05, 0.1) is 29.7 Å². The Morgan fingerprint density at radius 2 is 1.96 bits per heavy atom. The summed E-state index contributed by atoms with van der Waals surface area (Å²) >= 11 is 6.43. The van der Waals surface area contributed by atoms with Crippen molar-refractivity contribution in [1.29, 1.82) is 0 Å². The van der Waals surface area contributed by atoms with E-state index in [1.54, 1.807) is 25.3 Å². The van der Waals surface area contributed by atoms with Gasteiger partial charge < -0.3 is 14.4 Å². The summed E-state index contributed by atoms with van der Waals surface area (Å²) in [6.07, 6.45) is 4.48. The van der Waals surface area contributed by atoms with Crippen molar-refractivity contribution in [3.63, 3.8) is 0 Å². The molecule has 2 aliphatic heterocycles. The number of amides is 2. The van der Waals surface area contributed by atoms with Gasteiger partial charge >= 0.3 is 6.18 Å². The maximum Gasteiger partial charge on any atom is 0.416 e. The Labute approximate surface area is 319 Å². The van der Waals surface area contributed by atoms with E-state index in [0.717, 1.165) is 50.4 Å². The van der Waals surface area contributed by atoms with E-state index >= 15 is 0 Å². The predicted octanol–water partition coefficient (Wildman–Crippen LogP) is 8.50. The largest absolute Gasteiger partial charge is 0.490 e. The zero-order valence-corrected chi connectivity index (χ0v) is 31.8. The van der Waals surface area contributed by atoms with Crippen molar-refractivity contribution in [2.24, 2.45) is 16.2 Å². The minimum atomic E-state index is -4.58. The number of halogens is 4. The summed E-state index contributed by atoms with van der Waals surface area (Å²) in [4.78, 5) is 29.4. The third-order valence-electron chi connectivity index (χ3n) is 11.5. The number of benzene rings is 3. The zero-order valence-electron chi connectivity index (χ0n) is 30.2. The molecule has 1 spiro atoms. The Hall–Kier alpha value is -3.87. The van der Waals surface area contributed by atoms with E-state index in [1.165, 1.54) is 29.3 Å². The fourth-order valence-corrected chi connectivity index (χ4v) is 10.4. The lowest BCUT2D eigenvalue weighted by Crippen LogP contribution is -2.49. The average molecular weight is 784 g/mol. The van der Waals surface area contributed by atoms with Crippen molar-refractivity contribution in [3.8, 4) is 5.75 Å². The maximum absolute atomic E-state index is 14.3.